The van der Waals surface area contributed by atoms with Crippen LogP contribution in [0.2, 0.25) is 0 Å². The van der Waals surface area contributed by atoms with Crippen LogP contribution in [0.1, 0.15) is 0 Å². The average molecular weight is 324 g/mol. The largest absolute Gasteiger partial charge is 0.234 e. The van der Waals surface area contributed by atoms with Gasteiger partial charge in [0.15, 0.2) is 10.1 Å². The highest BCUT2D eigenvalue weighted by Gasteiger charge is 2.06. The fraction of sp³-hybridized carbons (Fsp3) is 0. The highest BCUT2D eigenvalue weighted by atomic mass is 16.7. The third kappa shape index (κ3) is 2.80. The molecule has 120 valence electrons. The minimum Gasteiger partial charge on any atom is -0.234 e. The molecule has 4 rings (SSSR count). The summed E-state index contributed by atoms with van der Waals surface area (Å²) in [6.45, 7) is 0. The minimum atomic E-state index is -0.442. The summed E-state index contributed by atoms with van der Waals surface area (Å²) in [6, 6.07) is 17.8. The van der Waals surface area contributed by atoms with Crippen molar-refractivity contribution in [3.05, 3.63) is 93.3 Å². The Morgan fingerprint density at radius 3 is 1.38 bits per heavy atom. The van der Waals surface area contributed by atoms with Gasteiger partial charge in [-0.25, -0.2) is 20.2 Å². The second-order valence-electron chi connectivity index (χ2n) is 4.91. The van der Waals surface area contributed by atoms with Crippen molar-refractivity contribution in [3.8, 4) is 0 Å². The maximum atomic E-state index is 10.4. The Morgan fingerprint density at radius 2 is 1.00 bits per heavy atom. The molecule has 0 aliphatic carbocycles. The molecule has 2 aromatic carbocycles. The van der Waals surface area contributed by atoms with Crippen molar-refractivity contribution in [1.29, 1.82) is 0 Å². The lowest BCUT2D eigenvalue weighted by Crippen LogP contribution is -2.05. The van der Waals surface area contributed by atoms with Crippen molar-refractivity contribution in [2.24, 2.45) is 0 Å². The van der Waals surface area contributed by atoms with E-state index in [0.717, 1.165) is 20.1 Å². The molecule has 2 heterocycles. The maximum Gasteiger partial charge on any atom is 0.169 e. The zero-order chi connectivity index (χ0) is 17.1. The quantitative estimate of drug-likeness (QED) is 0.417. The molecule has 0 amide bonds. The summed E-state index contributed by atoms with van der Waals surface area (Å²) >= 11 is 0. The normalized spacial score (nSPS) is 10.3. The predicted octanol–water partition coefficient (Wildman–Crippen LogP) is 3.36. The van der Waals surface area contributed by atoms with Gasteiger partial charge in [-0.05, 0) is 24.3 Å². The fourth-order valence-corrected chi connectivity index (χ4v) is 2.42. The average Bonchev–Trinajstić information content (AvgIpc) is 3.19. The van der Waals surface area contributed by atoms with E-state index in [2.05, 4.69) is 0 Å². The number of hydrogen-bond donors (Lipinski definition) is 0. The fourth-order valence-electron chi connectivity index (χ4n) is 2.42. The summed E-state index contributed by atoms with van der Waals surface area (Å²) in [6.07, 6.45) is 2.90. The van der Waals surface area contributed by atoms with Crippen LogP contribution in [0.15, 0.2) is 73.1 Å². The lowest BCUT2D eigenvalue weighted by atomic mass is 10.3. The van der Waals surface area contributed by atoms with Gasteiger partial charge in [-0.15, -0.1) is 0 Å². The number of nitro groups is 2. The van der Waals surface area contributed by atoms with E-state index in [1.807, 2.05) is 24.3 Å². The van der Waals surface area contributed by atoms with E-state index in [4.69, 9.17) is 0 Å². The van der Waals surface area contributed by atoms with E-state index in [1.165, 1.54) is 12.4 Å². The number of fused-ring (bicyclic) bond motifs is 2. The first-order valence-corrected chi connectivity index (χ1v) is 6.99. The van der Waals surface area contributed by atoms with Crippen LogP contribution in [0.25, 0.3) is 21.8 Å². The van der Waals surface area contributed by atoms with Gasteiger partial charge < -0.3 is 0 Å². The first-order valence-electron chi connectivity index (χ1n) is 6.99. The molecular formula is C16H12N4O4. The van der Waals surface area contributed by atoms with Gasteiger partial charge in [-0.2, -0.15) is 0 Å². The van der Waals surface area contributed by atoms with E-state index in [1.54, 1.807) is 36.4 Å². The molecule has 0 radical (unpaired) electrons. The lowest BCUT2D eigenvalue weighted by molar-refractivity contribution is -0.537. The summed E-state index contributed by atoms with van der Waals surface area (Å²) in [5.41, 5.74) is 1.25. The van der Waals surface area contributed by atoms with E-state index >= 15 is 0 Å². The van der Waals surface area contributed by atoms with Crippen molar-refractivity contribution in [2.45, 2.75) is 0 Å². The Hall–Kier alpha value is -3.68. The smallest absolute Gasteiger partial charge is 0.169 e. The van der Waals surface area contributed by atoms with Crippen molar-refractivity contribution in [1.82, 2.24) is 9.35 Å². The van der Waals surface area contributed by atoms with Gasteiger partial charge in [0.05, 0.1) is 12.4 Å². The van der Waals surface area contributed by atoms with Crippen LogP contribution in [-0.4, -0.2) is 19.4 Å². The molecule has 0 spiro atoms. The third-order valence-corrected chi connectivity index (χ3v) is 3.51. The summed E-state index contributed by atoms with van der Waals surface area (Å²) < 4.78 is 2.02. The molecule has 0 aliphatic rings. The van der Waals surface area contributed by atoms with Crippen molar-refractivity contribution < 1.29 is 10.1 Å². The molecule has 0 atom stereocenters. The molecule has 2 aromatic heterocycles. The molecule has 8 heteroatoms. The van der Waals surface area contributed by atoms with Crippen molar-refractivity contribution in [3.63, 3.8) is 0 Å². The number of rotatable bonds is 2. The van der Waals surface area contributed by atoms with Gasteiger partial charge in [0, 0.05) is 10.8 Å². The third-order valence-electron chi connectivity index (χ3n) is 3.51. The first kappa shape index (κ1) is 15.2. The molecule has 0 saturated carbocycles. The van der Waals surface area contributed by atoms with Crippen molar-refractivity contribution >= 4 is 21.8 Å². The summed E-state index contributed by atoms with van der Waals surface area (Å²) in [7, 11) is 0. The van der Waals surface area contributed by atoms with Crippen LogP contribution in [0.4, 0.5) is 0 Å². The van der Waals surface area contributed by atoms with E-state index < -0.39 is 10.1 Å². The summed E-state index contributed by atoms with van der Waals surface area (Å²) in [5, 5.41) is 21.8. The van der Waals surface area contributed by atoms with E-state index in [0.29, 0.717) is 11.0 Å². The molecule has 0 saturated heterocycles. The van der Waals surface area contributed by atoms with E-state index in [9.17, 15) is 20.2 Å². The second kappa shape index (κ2) is 6.21. The van der Waals surface area contributed by atoms with Crippen LogP contribution >= 0.6 is 0 Å². The minimum absolute atomic E-state index is 0.442. The van der Waals surface area contributed by atoms with Crippen molar-refractivity contribution in [2.75, 3.05) is 0 Å². The second-order valence-corrected chi connectivity index (χ2v) is 4.91. The Labute approximate surface area is 135 Å². The number of hydrogen-bond acceptors (Lipinski definition) is 4. The Morgan fingerprint density at radius 1 is 0.625 bits per heavy atom. The van der Waals surface area contributed by atoms with Crippen LogP contribution in [-0.2, 0) is 0 Å². The molecule has 0 aliphatic heterocycles. The van der Waals surface area contributed by atoms with Gasteiger partial charge in [0.2, 0.25) is 0 Å². The van der Waals surface area contributed by atoms with Crippen LogP contribution in [0.5, 0.6) is 0 Å². The predicted molar refractivity (Wildman–Crippen MR) is 88.7 cm³/mol. The standard InChI is InChI=1S/2C8H6N2O2/c2*11-10(12)9-6-5-7-3-1-2-4-8(7)9/h2*1-6H. The van der Waals surface area contributed by atoms with Gasteiger partial charge >= 0.3 is 0 Å². The van der Waals surface area contributed by atoms with Gasteiger partial charge in [-0.1, -0.05) is 45.8 Å². The summed E-state index contributed by atoms with van der Waals surface area (Å²) in [5.74, 6) is 0. The van der Waals surface area contributed by atoms with E-state index in [-0.39, 0.29) is 0 Å². The maximum absolute atomic E-state index is 10.4. The monoisotopic (exact) mass is 324 g/mol. The number of benzene rings is 2. The molecule has 24 heavy (non-hydrogen) atoms. The van der Waals surface area contributed by atoms with Crippen LogP contribution < -0.4 is 0 Å². The Bertz CT molecular complexity index is 951. The van der Waals surface area contributed by atoms with Gasteiger partial charge in [-0.3, -0.25) is 0 Å². The van der Waals surface area contributed by atoms with Crippen LogP contribution in [0, 0.1) is 20.2 Å². The number of nitrogens with zero attached hydrogens (tertiary/aromatic N) is 4. The molecule has 0 N–H and O–H groups in total. The topological polar surface area (TPSA) is 96.1 Å². The van der Waals surface area contributed by atoms with Gasteiger partial charge in [0.1, 0.15) is 11.0 Å². The molecule has 8 nitrogen and oxygen atoms in total. The number of para-hydroxylation sites is 2. The highest BCUT2D eigenvalue weighted by Crippen LogP contribution is 2.14. The number of aromatic nitrogens is 2. The SMILES string of the molecule is O=[N+]([O-])n1ccc2ccccc21.O=[N+]([O-])n1ccc2ccccc21. The molecule has 4 aromatic rings. The molecule has 0 bridgehead atoms. The van der Waals surface area contributed by atoms with Crippen LogP contribution in [0.3, 0.4) is 0 Å². The Kier molecular flexibility index (Phi) is 3.94. The highest BCUT2D eigenvalue weighted by molar-refractivity contribution is 5.80. The van der Waals surface area contributed by atoms with Gasteiger partial charge in [0.25, 0.3) is 0 Å². The molecule has 0 unspecified atom stereocenters. The molecule has 0 fully saturated rings. The summed E-state index contributed by atoms with van der Waals surface area (Å²) in [4.78, 5) is 20.9. The lowest BCUT2D eigenvalue weighted by Gasteiger charge is -1.91. The first-order chi connectivity index (χ1) is 11.6. The zero-order valence-corrected chi connectivity index (χ0v) is 12.4. The zero-order valence-electron chi connectivity index (χ0n) is 12.4. The Balaban J connectivity index is 0.000000141. The molecular weight excluding hydrogens is 312 g/mol.